The zero-order valence-corrected chi connectivity index (χ0v) is 25.7. The largest absolute Gasteiger partial charge is 0.459 e. The molecule has 1 fully saturated rings. The number of likely N-dealkylation sites (tertiary alicyclic amines) is 1. The first kappa shape index (κ1) is 29.0. The number of hydrogen-bond donors (Lipinski definition) is 3. The first-order chi connectivity index (χ1) is 22.4. The van der Waals surface area contributed by atoms with Crippen molar-refractivity contribution in [3.8, 4) is 28.4 Å². The van der Waals surface area contributed by atoms with E-state index in [1.165, 1.54) is 0 Å². The number of amides is 1. The molecule has 7 rings (SSSR count). The molecular formula is C33H33N11O2. The molecule has 0 radical (unpaired) electrons. The number of aromatic amines is 1. The van der Waals surface area contributed by atoms with Gasteiger partial charge in [-0.15, -0.1) is 0 Å². The first-order valence-electron chi connectivity index (χ1n) is 15.0. The van der Waals surface area contributed by atoms with Crippen LogP contribution in [0.5, 0.6) is 6.01 Å². The zero-order valence-electron chi connectivity index (χ0n) is 25.7. The third-order valence-electron chi connectivity index (χ3n) is 8.06. The molecule has 1 amide bonds. The summed E-state index contributed by atoms with van der Waals surface area (Å²) in [4.78, 5) is 40.7. The number of benzene rings is 1. The molecule has 0 unspecified atom stereocenters. The summed E-state index contributed by atoms with van der Waals surface area (Å²) in [5.41, 5.74) is 7.01. The van der Waals surface area contributed by atoms with Crippen LogP contribution in [-0.2, 0) is 11.8 Å². The summed E-state index contributed by atoms with van der Waals surface area (Å²) in [7, 11) is 1.89. The van der Waals surface area contributed by atoms with Gasteiger partial charge in [0.1, 0.15) is 6.10 Å². The minimum absolute atomic E-state index is 0.0939. The second kappa shape index (κ2) is 12.4. The van der Waals surface area contributed by atoms with Gasteiger partial charge < -0.3 is 20.4 Å². The Bertz CT molecular complexity index is 1980. The summed E-state index contributed by atoms with van der Waals surface area (Å²) in [6, 6.07) is 11.9. The number of para-hydroxylation sites is 1. The van der Waals surface area contributed by atoms with Crippen molar-refractivity contribution in [2.45, 2.75) is 26.4 Å². The molecule has 5 aromatic heterocycles. The fraction of sp³-hybridized carbons (Fsp3) is 0.242. The van der Waals surface area contributed by atoms with Crippen LogP contribution >= 0.6 is 0 Å². The maximum absolute atomic E-state index is 13.2. The van der Waals surface area contributed by atoms with E-state index in [0.29, 0.717) is 30.0 Å². The number of pyridine rings is 1. The molecule has 13 nitrogen and oxygen atoms in total. The molecule has 0 bridgehead atoms. The van der Waals surface area contributed by atoms with Crippen molar-refractivity contribution >= 4 is 34.3 Å². The molecular weight excluding hydrogens is 582 g/mol. The molecule has 6 heterocycles. The Balaban J connectivity index is 0.989. The number of aryl methyl sites for hydroxylation is 3. The lowest BCUT2D eigenvalue weighted by molar-refractivity contribution is -0.117. The smallest absolute Gasteiger partial charge is 0.316 e. The minimum Gasteiger partial charge on any atom is -0.459 e. The summed E-state index contributed by atoms with van der Waals surface area (Å²) in [5, 5.41) is 11.7. The number of anilines is 3. The van der Waals surface area contributed by atoms with Crippen molar-refractivity contribution in [1.29, 1.82) is 0 Å². The molecule has 0 spiro atoms. The molecule has 232 valence electrons. The van der Waals surface area contributed by atoms with Crippen LogP contribution < -0.4 is 15.4 Å². The normalized spacial score (nSPS) is 14.9. The van der Waals surface area contributed by atoms with Gasteiger partial charge in [0.05, 0.1) is 23.4 Å². The second-order valence-electron chi connectivity index (χ2n) is 11.4. The number of ether oxygens (including phenoxy) is 1. The number of nitrogens with zero attached hydrogens (tertiary/aromatic N) is 8. The van der Waals surface area contributed by atoms with Crippen LogP contribution in [-0.4, -0.2) is 76.2 Å². The Labute approximate surface area is 265 Å². The van der Waals surface area contributed by atoms with Crippen molar-refractivity contribution in [3.63, 3.8) is 0 Å². The van der Waals surface area contributed by atoms with Gasteiger partial charge in [-0.05, 0) is 38.0 Å². The van der Waals surface area contributed by atoms with Gasteiger partial charge in [0, 0.05) is 91.2 Å². The highest BCUT2D eigenvalue weighted by molar-refractivity contribution is 6.06. The Morgan fingerprint density at radius 3 is 2.72 bits per heavy atom. The van der Waals surface area contributed by atoms with E-state index >= 15 is 0 Å². The third-order valence-corrected chi connectivity index (χ3v) is 8.06. The standard InChI is InChI=1S/C33H33N11O2/c1-20-13-36-32(40-28-12-21(2)43(3)42-28)41-30(20)26-17-35-31-25(26)7-4-8-27(31)39-29(45)19-44-11-9-24(18-44)46-33-37-15-23(16-38-33)22-6-5-10-34-14-22/h4-8,10,12-17,24,35H,9,11,18-19H2,1-3H3,(H,39,45)(H,36,40,41,42)/t24-/m0/s1. The number of carbonyl (C=O) groups excluding carboxylic acids is 1. The second-order valence-corrected chi connectivity index (χ2v) is 11.4. The third kappa shape index (κ3) is 6.13. The molecule has 1 atom stereocenters. The van der Waals surface area contributed by atoms with Crippen molar-refractivity contribution in [1.82, 2.24) is 44.6 Å². The summed E-state index contributed by atoms with van der Waals surface area (Å²) in [6.45, 7) is 5.56. The van der Waals surface area contributed by atoms with E-state index in [1.807, 2.05) is 63.5 Å². The Morgan fingerprint density at radius 2 is 1.93 bits per heavy atom. The molecule has 1 aliphatic heterocycles. The van der Waals surface area contributed by atoms with E-state index in [0.717, 1.165) is 57.5 Å². The Hall–Kier alpha value is -5.69. The van der Waals surface area contributed by atoms with Crippen molar-refractivity contribution < 1.29 is 9.53 Å². The van der Waals surface area contributed by atoms with Gasteiger partial charge in [0.25, 0.3) is 0 Å². The van der Waals surface area contributed by atoms with Gasteiger partial charge in [-0.3, -0.25) is 19.4 Å². The SMILES string of the molecule is Cc1cnc(Nc2cc(C)n(C)n2)nc1-c1c[nH]c2c(NC(=O)CN3CC[C@H](Oc4ncc(-c5cccnc5)cn4)C3)cccc12. The van der Waals surface area contributed by atoms with Crippen molar-refractivity contribution in [2.75, 3.05) is 30.3 Å². The number of rotatable bonds is 9. The summed E-state index contributed by atoms with van der Waals surface area (Å²) in [5.74, 6) is 1.04. The number of aromatic nitrogens is 8. The van der Waals surface area contributed by atoms with Gasteiger partial charge in [0.15, 0.2) is 5.82 Å². The van der Waals surface area contributed by atoms with Crippen LogP contribution in [0.15, 0.2) is 73.6 Å². The number of fused-ring (bicyclic) bond motifs is 1. The fourth-order valence-electron chi connectivity index (χ4n) is 5.60. The highest BCUT2D eigenvalue weighted by atomic mass is 16.5. The van der Waals surface area contributed by atoms with Crippen LogP contribution in [0, 0.1) is 13.8 Å². The predicted molar refractivity (Wildman–Crippen MR) is 175 cm³/mol. The van der Waals surface area contributed by atoms with Gasteiger partial charge in [-0.25, -0.2) is 19.9 Å². The molecule has 6 aromatic rings. The molecule has 0 saturated carbocycles. The highest BCUT2D eigenvalue weighted by Gasteiger charge is 2.26. The topological polar surface area (TPSA) is 152 Å². The lowest BCUT2D eigenvalue weighted by Gasteiger charge is -2.16. The van der Waals surface area contributed by atoms with Crippen LogP contribution in [0.3, 0.4) is 0 Å². The number of carbonyl (C=O) groups is 1. The maximum atomic E-state index is 13.2. The molecule has 1 saturated heterocycles. The van der Waals surface area contributed by atoms with Crippen LogP contribution in [0.1, 0.15) is 17.7 Å². The zero-order chi connectivity index (χ0) is 31.6. The Kier molecular flexibility index (Phi) is 7.81. The monoisotopic (exact) mass is 615 g/mol. The summed E-state index contributed by atoms with van der Waals surface area (Å²) >= 11 is 0. The number of hydrogen-bond acceptors (Lipinski definition) is 10. The fourth-order valence-corrected chi connectivity index (χ4v) is 5.60. The van der Waals surface area contributed by atoms with Gasteiger partial charge in [-0.2, -0.15) is 5.10 Å². The molecule has 13 heteroatoms. The minimum atomic E-state index is -0.100. The average Bonchev–Trinajstić information content (AvgIpc) is 3.77. The van der Waals surface area contributed by atoms with E-state index in [-0.39, 0.29) is 18.6 Å². The number of H-pyrrole nitrogens is 1. The molecule has 1 aliphatic rings. The highest BCUT2D eigenvalue weighted by Crippen LogP contribution is 2.33. The average molecular weight is 616 g/mol. The van der Waals surface area contributed by atoms with Gasteiger partial charge in [-0.1, -0.05) is 18.2 Å². The van der Waals surface area contributed by atoms with Crippen LogP contribution in [0.2, 0.25) is 0 Å². The van der Waals surface area contributed by atoms with Crippen LogP contribution in [0.4, 0.5) is 17.5 Å². The van der Waals surface area contributed by atoms with E-state index in [9.17, 15) is 4.79 Å². The molecule has 0 aliphatic carbocycles. The van der Waals surface area contributed by atoms with E-state index in [4.69, 9.17) is 9.72 Å². The molecule has 1 aromatic carbocycles. The number of nitrogens with one attached hydrogen (secondary N) is 3. The quantitative estimate of drug-likeness (QED) is 0.209. The summed E-state index contributed by atoms with van der Waals surface area (Å²) in [6.07, 6.45) is 11.4. The van der Waals surface area contributed by atoms with Gasteiger partial charge in [0.2, 0.25) is 11.9 Å². The maximum Gasteiger partial charge on any atom is 0.316 e. The van der Waals surface area contributed by atoms with Gasteiger partial charge >= 0.3 is 6.01 Å². The van der Waals surface area contributed by atoms with Crippen molar-refractivity contribution in [2.24, 2.45) is 7.05 Å². The molecule has 3 N–H and O–H groups in total. The Morgan fingerprint density at radius 1 is 1.07 bits per heavy atom. The lowest BCUT2D eigenvalue weighted by atomic mass is 10.1. The van der Waals surface area contributed by atoms with Crippen LogP contribution in [0.25, 0.3) is 33.3 Å². The van der Waals surface area contributed by atoms with E-state index in [2.05, 4.69) is 45.6 Å². The first-order valence-corrected chi connectivity index (χ1v) is 15.0. The predicted octanol–water partition coefficient (Wildman–Crippen LogP) is 4.66. The lowest BCUT2D eigenvalue weighted by Crippen LogP contribution is -2.33. The van der Waals surface area contributed by atoms with E-state index in [1.54, 1.807) is 35.7 Å². The molecule has 46 heavy (non-hydrogen) atoms. The summed E-state index contributed by atoms with van der Waals surface area (Å²) < 4.78 is 7.81. The van der Waals surface area contributed by atoms with E-state index < -0.39 is 0 Å². The van der Waals surface area contributed by atoms with Crippen molar-refractivity contribution in [3.05, 3.63) is 84.8 Å².